The monoisotopic (exact) mass is 301 g/mol. The van der Waals surface area contributed by atoms with Crippen molar-refractivity contribution in [1.29, 1.82) is 0 Å². The highest BCUT2D eigenvalue weighted by molar-refractivity contribution is 8.00. The van der Waals surface area contributed by atoms with E-state index in [0.29, 0.717) is 11.8 Å². The SMILES string of the molecule is CCCNc1nc(N2CCSC(CC)C2)c(F)cc1F. The Labute approximate surface area is 123 Å². The van der Waals surface area contributed by atoms with Crippen LogP contribution >= 0.6 is 11.8 Å². The highest BCUT2D eigenvalue weighted by Crippen LogP contribution is 2.28. The lowest BCUT2D eigenvalue weighted by Gasteiger charge is -2.33. The smallest absolute Gasteiger partial charge is 0.168 e. The summed E-state index contributed by atoms with van der Waals surface area (Å²) in [5, 5.41) is 3.40. The predicted molar refractivity (Wildman–Crippen MR) is 81.7 cm³/mol. The van der Waals surface area contributed by atoms with Gasteiger partial charge in [0.05, 0.1) is 0 Å². The zero-order valence-corrected chi connectivity index (χ0v) is 12.8. The van der Waals surface area contributed by atoms with Crippen LogP contribution in [0.25, 0.3) is 0 Å². The number of hydrogen-bond acceptors (Lipinski definition) is 4. The van der Waals surface area contributed by atoms with Gasteiger partial charge < -0.3 is 10.2 Å². The molecule has 1 fully saturated rings. The summed E-state index contributed by atoms with van der Waals surface area (Å²) >= 11 is 1.91. The van der Waals surface area contributed by atoms with Crippen LogP contribution in [0.4, 0.5) is 20.4 Å². The van der Waals surface area contributed by atoms with Crippen LogP contribution < -0.4 is 10.2 Å². The molecule has 6 heteroatoms. The van der Waals surface area contributed by atoms with Gasteiger partial charge in [-0.1, -0.05) is 13.8 Å². The van der Waals surface area contributed by atoms with Gasteiger partial charge in [-0.15, -0.1) is 0 Å². The van der Waals surface area contributed by atoms with Gasteiger partial charge in [-0.25, -0.2) is 13.8 Å². The summed E-state index contributed by atoms with van der Waals surface area (Å²) < 4.78 is 27.7. The molecule has 0 aliphatic carbocycles. The van der Waals surface area contributed by atoms with E-state index < -0.39 is 11.6 Å². The van der Waals surface area contributed by atoms with E-state index in [1.54, 1.807) is 0 Å². The third kappa shape index (κ3) is 3.53. The summed E-state index contributed by atoms with van der Waals surface area (Å²) in [5.41, 5.74) is 0. The maximum absolute atomic E-state index is 14.0. The standard InChI is InChI=1S/C14H21F2N3S/c1-3-5-17-13-11(15)8-12(16)14(18-13)19-6-7-20-10(4-2)9-19/h8,10H,3-7,9H2,1-2H3,(H,17,18). The largest absolute Gasteiger partial charge is 0.368 e. The maximum Gasteiger partial charge on any atom is 0.168 e. The number of aromatic nitrogens is 1. The van der Waals surface area contributed by atoms with E-state index in [-0.39, 0.29) is 11.6 Å². The van der Waals surface area contributed by atoms with Crippen molar-refractivity contribution in [2.24, 2.45) is 0 Å². The average molecular weight is 301 g/mol. The second kappa shape index (κ2) is 7.11. The van der Waals surface area contributed by atoms with Crippen LogP contribution in [0, 0.1) is 11.6 Å². The first-order chi connectivity index (χ1) is 9.65. The van der Waals surface area contributed by atoms with Crippen LogP contribution in [-0.2, 0) is 0 Å². The van der Waals surface area contributed by atoms with Crippen molar-refractivity contribution in [3.05, 3.63) is 17.7 Å². The summed E-state index contributed by atoms with van der Waals surface area (Å²) in [5.74, 6) is 0.164. The molecule has 1 saturated heterocycles. The fraction of sp³-hybridized carbons (Fsp3) is 0.643. The Morgan fingerprint density at radius 1 is 1.40 bits per heavy atom. The van der Waals surface area contributed by atoms with E-state index in [4.69, 9.17) is 0 Å². The number of pyridine rings is 1. The molecule has 1 unspecified atom stereocenters. The van der Waals surface area contributed by atoms with Crippen molar-refractivity contribution in [3.63, 3.8) is 0 Å². The maximum atomic E-state index is 14.0. The van der Waals surface area contributed by atoms with Crippen LogP contribution in [0.3, 0.4) is 0 Å². The first kappa shape index (κ1) is 15.4. The van der Waals surface area contributed by atoms with Gasteiger partial charge in [0.2, 0.25) is 0 Å². The Kier molecular flexibility index (Phi) is 5.46. The number of thioether (sulfide) groups is 1. The molecular formula is C14H21F2N3S. The fourth-order valence-corrected chi connectivity index (χ4v) is 3.38. The minimum atomic E-state index is -0.627. The molecule has 0 amide bonds. The van der Waals surface area contributed by atoms with Crippen molar-refractivity contribution in [2.45, 2.75) is 31.9 Å². The van der Waals surface area contributed by atoms with Crippen molar-refractivity contribution < 1.29 is 8.78 Å². The molecule has 1 aliphatic heterocycles. The lowest BCUT2D eigenvalue weighted by molar-refractivity contribution is 0.567. The Bertz CT molecular complexity index is 456. The van der Waals surface area contributed by atoms with Gasteiger partial charge >= 0.3 is 0 Å². The van der Waals surface area contributed by atoms with E-state index in [1.807, 2.05) is 23.6 Å². The highest BCUT2D eigenvalue weighted by Gasteiger charge is 2.23. The molecule has 3 nitrogen and oxygen atoms in total. The third-order valence-corrected chi connectivity index (χ3v) is 4.72. The summed E-state index contributed by atoms with van der Waals surface area (Å²) in [6, 6.07) is 0.934. The zero-order chi connectivity index (χ0) is 14.5. The lowest BCUT2D eigenvalue weighted by Crippen LogP contribution is -2.38. The summed E-state index contributed by atoms with van der Waals surface area (Å²) in [7, 11) is 0. The molecule has 20 heavy (non-hydrogen) atoms. The fourth-order valence-electron chi connectivity index (χ4n) is 2.20. The summed E-state index contributed by atoms with van der Waals surface area (Å²) in [6.07, 6.45) is 1.91. The van der Waals surface area contributed by atoms with Crippen LogP contribution in [0.2, 0.25) is 0 Å². The minimum absolute atomic E-state index is 0.148. The number of hydrogen-bond donors (Lipinski definition) is 1. The molecule has 0 saturated carbocycles. The Hall–Kier alpha value is -1.04. The first-order valence-corrected chi connectivity index (χ1v) is 8.17. The molecular weight excluding hydrogens is 280 g/mol. The first-order valence-electron chi connectivity index (χ1n) is 7.12. The molecule has 2 rings (SSSR count). The second-order valence-corrected chi connectivity index (χ2v) is 6.31. The normalized spacial score (nSPS) is 19.2. The number of rotatable bonds is 5. The number of halogens is 2. The summed E-state index contributed by atoms with van der Waals surface area (Å²) in [6.45, 7) is 6.27. The highest BCUT2D eigenvalue weighted by atomic mass is 32.2. The van der Waals surface area contributed by atoms with Gasteiger partial charge in [-0.05, 0) is 12.8 Å². The molecule has 0 spiro atoms. The zero-order valence-electron chi connectivity index (χ0n) is 12.0. The van der Waals surface area contributed by atoms with E-state index in [2.05, 4.69) is 17.2 Å². The van der Waals surface area contributed by atoms with Gasteiger partial charge in [-0.3, -0.25) is 0 Å². The number of nitrogens with one attached hydrogen (secondary N) is 1. The molecule has 0 bridgehead atoms. The topological polar surface area (TPSA) is 28.2 Å². The van der Waals surface area contributed by atoms with Crippen molar-refractivity contribution in [3.8, 4) is 0 Å². The van der Waals surface area contributed by atoms with E-state index in [1.165, 1.54) is 0 Å². The van der Waals surface area contributed by atoms with E-state index >= 15 is 0 Å². The van der Waals surface area contributed by atoms with Crippen LogP contribution in [-0.4, -0.2) is 35.6 Å². The summed E-state index contributed by atoms with van der Waals surface area (Å²) in [4.78, 5) is 6.08. The number of anilines is 2. The van der Waals surface area contributed by atoms with Gasteiger partial charge in [0, 0.05) is 36.7 Å². The molecule has 1 aromatic rings. The molecule has 1 aliphatic rings. The molecule has 112 valence electrons. The van der Waals surface area contributed by atoms with Crippen LogP contribution in [0.15, 0.2) is 6.07 Å². The lowest BCUT2D eigenvalue weighted by atomic mass is 10.2. The Morgan fingerprint density at radius 2 is 2.20 bits per heavy atom. The molecule has 1 aromatic heterocycles. The molecule has 1 atom stereocenters. The second-order valence-electron chi connectivity index (χ2n) is 4.90. The quantitative estimate of drug-likeness (QED) is 0.901. The van der Waals surface area contributed by atoms with Crippen molar-refractivity contribution >= 4 is 23.4 Å². The van der Waals surface area contributed by atoms with Crippen molar-refractivity contribution in [2.75, 3.05) is 35.6 Å². The van der Waals surface area contributed by atoms with Crippen LogP contribution in [0.1, 0.15) is 26.7 Å². The van der Waals surface area contributed by atoms with E-state index in [9.17, 15) is 8.78 Å². The molecule has 1 N–H and O–H groups in total. The minimum Gasteiger partial charge on any atom is -0.368 e. The predicted octanol–water partition coefficient (Wildman–Crippen LogP) is 3.51. The van der Waals surface area contributed by atoms with E-state index in [0.717, 1.165) is 37.8 Å². The van der Waals surface area contributed by atoms with Crippen LogP contribution in [0.5, 0.6) is 0 Å². The molecule has 2 heterocycles. The van der Waals surface area contributed by atoms with Gasteiger partial charge in [0.25, 0.3) is 0 Å². The Balaban J connectivity index is 2.21. The average Bonchev–Trinajstić information content (AvgIpc) is 2.46. The third-order valence-electron chi connectivity index (χ3n) is 3.35. The molecule has 0 aromatic carbocycles. The van der Waals surface area contributed by atoms with Crippen molar-refractivity contribution in [1.82, 2.24) is 4.98 Å². The Morgan fingerprint density at radius 3 is 2.90 bits per heavy atom. The molecule has 0 radical (unpaired) electrons. The number of nitrogens with zero attached hydrogens (tertiary/aromatic N) is 2. The van der Waals surface area contributed by atoms with Gasteiger partial charge in [-0.2, -0.15) is 11.8 Å². The van der Waals surface area contributed by atoms with Gasteiger partial charge in [0.15, 0.2) is 23.3 Å². The van der Waals surface area contributed by atoms with Gasteiger partial charge in [0.1, 0.15) is 0 Å².